The molecule has 22 heavy (non-hydrogen) atoms. The largest absolute Gasteiger partial charge is 0.347 e. The SMILES string of the molecule is CC(CC(=O)NCC(=O)Nc1ccccc1)c1ccccc1. The maximum atomic E-state index is 11.9. The quantitative estimate of drug-likeness (QED) is 0.861. The average Bonchev–Trinajstić information content (AvgIpc) is 2.55. The Labute approximate surface area is 130 Å². The van der Waals surface area contributed by atoms with Crippen LogP contribution in [0.15, 0.2) is 60.7 Å². The molecule has 0 spiro atoms. The number of anilines is 1. The Kier molecular flexibility index (Phi) is 5.72. The number of carbonyl (C=O) groups is 2. The van der Waals surface area contributed by atoms with Gasteiger partial charge in [-0.05, 0) is 23.6 Å². The first-order valence-corrected chi connectivity index (χ1v) is 7.31. The van der Waals surface area contributed by atoms with Crippen LogP contribution in [0.2, 0.25) is 0 Å². The Hall–Kier alpha value is -2.62. The third kappa shape index (κ3) is 5.05. The number of rotatable bonds is 6. The minimum atomic E-state index is -0.230. The molecular weight excluding hydrogens is 276 g/mol. The predicted molar refractivity (Wildman–Crippen MR) is 87.6 cm³/mol. The molecule has 2 amide bonds. The van der Waals surface area contributed by atoms with Gasteiger partial charge in [-0.3, -0.25) is 9.59 Å². The highest BCUT2D eigenvalue weighted by Crippen LogP contribution is 2.17. The molecule has 2 aromatic rings. The number of amides is 2. The van der Waals surface area contributed by atoms with E-state index in [0.29, 0.717) is 6.42 Å². The van der Waals surface area contributed by atoms with E-state index in [-0.39, 0.29) is 24.3 Å². The zero-order valence-corrected chi connectivity index (χ0v) is 12.6. The van der Waals surface area contributed by atoms with E-state index in [2.05, 4.69) is 10.6 Å². The fraction of sp³-hybridized carbons (Fsp3) is 0.222. The van der Waals surface area contributed by atoms with Crippen LogP contribution in [-0.2, 0) is 9.59 Å². The smallest absolute Gasteiger partial charge is 0.243 e. The summed E-state index contributed by atoms with van der Waals surface area (Å²) in [4.78, 5) is 23.6. The van der Waals surface area contributed by atoms with Gasteiger partial charge < -0.3 is 10.6 Å². The Bertz CT molecular complexity index is 611. The van der Waals surface area contributed by atoms with Gasteiger partial charge in [0.2, 0.25) is 11.8 Å². The molecule has 0 aliphatic rings. The van der Waals surface area contributed by atoms with Crippen LogP contribution in [0, 0.1) is 0 Å². The average molecular weight is 296 g/mol. The molecular formula is C18H20N2O2. The van der Waals surface area contributed by atoms with Gasteiger partial charge >= 0.3 is 0 Å². The molecule has 1 atom stereocenters. The second-order valence-corrected chi connectivity index (χ2v) is 5.21. The van der Waals surface area contributed by atoms with Gasteiger partial charge in [-0.25, -0.2) is 0 Å². The van der Waals surface area contributed by atoms with Gasteiger partial charge in [-0.1, -0.05) is 55.5 Å². The molecule has 0 saturated carbocycles. The van der Waals surface area contributed by atoms with Crippen molar-refractivity contribution in [1.29, 1.82) is 0 Å². The molecule has 0 fully saturated rings. The lowest BCUT2D eigenvalue weighted by molar-refractivity contribution is -0.124. The Morgan fingerprint density at radius 1 is 0.909 bits per heavy atom. The number of para-hydroxylation sites is 1. The Morgan fingerprint density at radius 2 is 1.50 bits per heavy atom. The highest BCUT2D eigenvalue weighted by molar-refractivity contribution is 5.94. The van der Waals surface area contributed by atoms with Crippen molar-refractivity contribution in [2.75, 3.05) is 11.9 Å². The van der Waals surface area contributed by atoms with Crippen molar-refractivity contribution in [2.24, 2.45) is 0 Å². The van der Waals surface area contributed by atoms with Gasteiger partial charge in [0.1, 0.15) is 0 Å². The molecule has 4 heteroatoms. The highest BCUT2D eigenvalue weighted by Gasteiger charge is 2.12. The Morgan fingerprint density at radius 3 is 2.14 bits per heavy atom. The lowest BCUT2D eigenvalue weighted by Crippen LogP contribution is -2.33. The van der Waals surface area contributed by atoms with E-state index < -0.39 is 0 Å². The van der Waals surface area contributed by atoms with E-state index in [1.807, 2.05) is 55.5 Å². The lowest BCUT2D eigenvalue weighted by atomic mass is 9.98. The molecule has 2 N–H and O–H groups in total. The maximum absolute atomic E-state index is 11.9. The van der Waals surface area contributed by atoms with Crippen LogP contribution in [0.1, 0.15) is 24.8 Å². The third-order valence-corrected chi connectivity index (χ3v) is 3.36. The van der Waals surface area contributed by atoms with Gasteiger partial charge in [0.15, 0.2) is 0 Å². The van der Waals surface area contributed by atoms with Crippen LogP contribution in [0.4, 0.5) is 5.69 Å². The van der Waals surface area contributed by atoms with Gasteiger partial charge in [0, 0.05) is 12.1 Å². The molecule has 0 aromatic heterocycles. The van der Waals surface area contributed by atoms with E-state index in [0.717, 1.165) is 11.3 Å². The van der Waals surface area contributed by atoms with E-state index in [4.69, 9.17) is 0 Å². The van der Waals surface area contributed by atoms with Crippen LogP contribution in [0.5, 0.6) is 0 Å². The molecule has 114 valence electrons. The third-order valence-electron chi connectivity index (χ3n) is 3.36. The van der Waals surface area contributed by atoms with Gasteiger partial charge in [0.25, 0.3) is 0 Å². The van der Waals surface area contributed by atoms with E-state index in [1.54, 1.807) is 12.1 Å². The van der Waals surface area contributed by atoms with Crippen LogP contribution < -0.4 is 10.6 Å². The van der Waals surface area contributed by atoms with Crippen molar-refractivity contribution in [1.82, 2.24) is 5.32 Å². The summed E-state index contributed by atoms with van der Waals surface area (Å²) in [5, 5.41) is 5.38. The molecule has 0 aliphatic heterocycles. The van der Waals surface area contributed by atoms with Crippen molar-refractivity contribution < 1.29 is 9.59 Å². The summed E-state index contributed by atoms with van der Waals surface area (Å²) in [7, 11) is 0. The number of nitrogens with one attached hydrogen (secondary N) is 2. The number of hydrogen-bond donors (Lipinski definition) is 2. The Balaban J connectivity index is 1.74. The molecule has 0 aliphatic carbocycles. The molecule has 0 bridgehead atoms. The molecule has 0 radical (unpaired) electrons. The van der Waals surface area contributed by atoms with E-state index >= 15 is 0 Å². The molecule has 2 aromatic carbocycles. The molecule has 0 heterocycles. The van der Waals surface area contributed by atoms with Crippen molar-refractivity contribution in [2.45, 2.75) is 19.3 Å². The zero-order valence-electron chi connectivity index (χ0n) is 12.6. The molecule has 2 rings (SSSR count). The predicted octanol–water partition coefficient (Wildman–Crippen LogP) is 2.94. The second-order valence-electron chi connectivity index (χ2n) is 5.21. The fourth-order valence-electron chi connectivity index (χ4n) is 2.16. The lowest BCUT2D eigenvalue weighted by Gasteiger charge is -2.12. The summed E-state index contributed by atoms with van der Waals surface area (Å²) >= 11 is 0. The second kappa shape index (κ2) is 7.98. The topological polar surface area (TPSA) is 58.2 Å². The first-order valence-electron chi connectivity index (χ1n) is 7.31. The standard InChI is InChI=1S/C18H20N2O2/c1-14(15-8-4-2-5-9-15)12-17(21)19-13-18(22)20-16-10-6-3-7-11-16/h2-11,14H,12-13H2,1H3,(H,19,21)(H,20,22). The van der Waals surface area contributed by atoms with E-state index in [1.165, 1.54) is 0 Å². The number of carbonyl (C=O) groups excluding carboxylic acids is 2. The summed E-state index contributed by atoms with van der Waals surface area (Å²) in [5.41, 5.74) is 1.84. The van der Waals surface area contributed by atoms with Crippen LogP contribution in [0.3, 0.4) is 0 Å². The summed E-state index contributed by atoms with van der Waals surface area (Å²) in [5.74, 6) is -0.232. The maximum Gasteiger partial charge on any atom is 0.243 e. The highest BCUT2D eigenvalue weighted by atomic mass is 16.2. The monoisotopic (exact) mass is 296 g/mol. The summed E-state index contributed by atoms with van der Waals surface area (Å²) in [6.07, 6.45) is 0.364. The minimum absolute atomic E-state index is 0.0186. The van der Waals surface area contributed by atoms with Crippen LogP contribution in [-0.4, -0.2) is 18.4 Å². The normalized spacial score (nSPS) is 11.5. The van der Waals surface area contributed by atoms with Gasteiger partial charge in [-0.2, -0.15) is 0 Å². The number of hydrogen-bond acceptors (Lipinski definition) is 2. The van der Waals surface area contributed by atoms with Gasteiger partial charge in [0.05, 0.1) is 6.54 Å². The summed E-state index contributed by atoms with van der Waals surface area (Å²) in [6.45, 7) is 1.98. The number of benzene rings is 2. The van der Waals surface area contributed by atoms with Crippen molar-refractivity contribution >= 4 is 17.5 Å². The zero-order chi connectivity index (χ0) is 15.8. The molecule has 4 nitrogen and oxygen atoms in total. The van der Waals surface area contributed by atoms with Crippen molar-refractivity contribution in [3.05, 3.63) is 66.2 Å². The first-order chi connectivity index (χ1) is 10.6. The molecule has 0 saturated heterocycles. The summed E-state index contributed by atoms with van der Waals surface area (Å²) in [6, 6.07) is 19.0. The van der Waals surface area contributed by atoms with E-state index in [9.17, 15) is 9.59 Å². The van der Waals surface area contributed by atoms with Crippen molar-refractivity contribution in [3.63, 3.8) is 0 Å². The van der Waals surface area contributed by atoms with Crippen LogP contribution >= 0.6 is 0 Å². The van der Waals surface area contributed by atoms with Crippen molar-refractivity contribution in [3.8, 4) is 0 Å². The minimum Gasteiger partial charge on any atom is -0.347 e. The van der Waals surface area contributed by atoms with Crippen LogP contribution in [0.25, 0.3) is 0 Å². The summed E-state index contributed by atoms with van der Waals surface area (Å²) < 4.78 is 0. The first kappa shape index (κ1) is 15.8. The van der Waals surface area contributed by atoms with Gasteiger partial charge in [-0.15, -0.1) is 0 Å². The fourth-order valence-corrected chi connectivity index (χ4v) is 2.16. The molecule has 1 unspecified atom stereocenters.